The fourth-order valence-corrected chi connectivity index (χ4v) is 3.12. The molecular weight excluding hydrogens is 364 g/mol. The second-order valence-electron chi connectivity index (χ2n) is 4.09. The standard InChI is InChI=1S/C14H12BrClO3S/c1-2-10-5-3-4-6-13(10)19-14-8-7-11(9-12(14)15)20(16,17)18/h3-9H,2H2,1H3. The highest BCUT2D eigenvalue weighted by atomic mass is 79.9. The number of ether oxygens (including phenoxy) is 1. The minimum Gasteiger partial charge on any atom is -0.456 e. The molecule has 20 heavy (non-hydrogen) atoms. The number of halogens is 2. The van der Waals surface area contributed by atoms with Gasteiger partial charge in [-0.05, 0) is 52.2 Å². The van der Waals surface area contributed by atoms with Crippen LogP contribution in [-0.4, -0.2) is 8.42 Å². The third-order valence-corrected chi connectivity index (χ3v) is 4.73. The van der Waals surface area contributed by atoms with Crippen LogP contribution in [0.3, 0.4) is 0 Å². The monoisotopic (exact) mass is 374 g/mol. The first-order valence-corrected chi connectivity index (χ1v) is 9.02. The van der Waals surface area contributed by atoms with Crippen molar-refractivity contribution in [1.82, 2.24) is 0 Å². The smallest absolute Gasteiger partial charge is 0.261 e. The Morgan fingerprint density at radius 1 is 1.15 bits per heavy atom. The molecule has 0 aliphatic carbocycles. The van der Waals surface area contributed by atoms with Gasteiger partial charge >= 0.3 is 0 Å². The summed E-state index contributed by atoms with van der Waals surface area (Å²) in [4.78, 5) is 0.0298. The maximum absolute atomic E-state index is 11.3. The van der Waals surface area contributed by atoms with Crippen LogP contribution < -0.4 is 4.74 Å². The molecule has 106 valence electrons. The topological polar surface area (TPSA) is 43.4 Å². The Morgan fingerprint density at radius 2 is 1.85 bits per heavy atom. The summed E-state index contributed by atoms with van der Waals surface area (Å²) >= 11 is 3.30. The molecule has 0 spiro atoms. The normalized spacial score (nSPS) is 11.3. The first-order chi connectivity index (χ1) is 9.41. The van der Waals surface area contributed by atoms with Gasteiger partial charge in [0.15, 0.2) is 0 Å². The average molecular weight is 376 g/mol. The van der Waals surface area contributed by atoms with E-state index in [9.17, 15) is 8.42 Å². The van der Waals surface area contributed by atoms with Crippen molar-refractivity contribution < 1.29 is 13.2 Å². The van der Waals surface area contributed by atoms with Gasteiger partial charge in [-0.15, -0.1) is 0 Å². The van der Waals surface area contributed by atoms with Crippen LogP contribution in [0.2, 0.25) is 0 Å². The number of benzene rings is 2. The van der Waals surface area contributed by atoms with Gasteiger partial charge in [0.2, 0.25) is 0 Å². The van der Waals surface area contributed by atoms with Crippen molar-refractivity contribution in [2.24, 2.45) is 0 Å². The third-order valence-electron chi connectivity index (χ3n) is 2.76. The molecule has 0 aliphatic heterocycles. The summed E-state index contributed by atoms with van der Waals surface area (Å²) in [7, 11) is 1.56. The Labute approximate surface area is 131 Å². The second kappa shape index (κ2) is 6.16. The molecule has 0 saturated carbocycles. The van der Waals surface area contributed by atoms with Gasteiger partial charge in [0.25, 0.3) is 9.05 Å². The van der Waals surface area contributed by atoms with Gasteiger partial charge < -0.3 is 4.74 Å². The maximum atomic E-state index is 11.3. The molecule has 0 N–H and O–H groups in total. The molecule has 3 nitrogen and oxygen atoms in total. The van der Waals surface area contributed by atoms with Crippen LogP contribution in [0.5, 0.6) is 11.5 Å². The molecule has 0 aromatic heterocycles. The van der Waals surface area contributed by atoms with E-state index in [1.807, 2.05) is 31.2 Å². The van der Waals surface area contributed by atoms with Gasteiger partial charge in [0.1, 0.15) is 11.5 Å². The van der Waals surface area contributed by atoms with Crippen molar-refractivity contribution in [3.63, 3.8) is 0 Å². The zero-order valence-corrected chi connectivity index (χ0v) is 13.8. The molecule has 0 unspecified atom stereocenters. The van der Waals surface area contributed by atoms with Crippen LogP contribution in [0.4, 0.5) is 0 Å². The average Bonchev–Trinajstić information content (AvgIpc) is 2.40. The van der Waals surface area contributed by atoms with E-state index < -0.39 is 9.05 Å². The fraction of sp³-hybridized carbons (Fsp3) is 0.143. The summed E-state index contributed by atoms with van der Waals surface area (Å²) in [5.74, 6) is 1.28. The van der Waals surface area contributed by atoms with Gasteiger partial charge in [-0.3, -0.25) is 0 Å². The largest absolute Gasteiger partial charge is 0.456 e. The lowest BCUT2D eigenvalue weighted by Crippen LogP contribution is -1.94. The van der Waals surface area contributed by atoms with Crippen LogP contribution in [0.25, 0.3) is 0 Å². The number of hydrogen-bond donors (Lipinski definition) is 0. The third kappa shape index (κ3) is 3.53. The molecule has 2 rings (SSSR count). The highest BCUT2D eigenvalue weighted by molar-refractivity contribution is 9.10. The molecule has 2 aromatic rings. The summed E-state index contributed by atoms with van der Waals surface area (Å²) < 4.78 is 28.9. The molecule has 0 fully saturated rings. The molecule has 6 heteroatoms. The molecule has 0 radical (unpaired) electrons. The Hall–Kier alpha value is -1.04. The SMILES string of the molecule is CCc1ccccc1Oc1ccc(S(=O)(=O)Cl)cc1Br. The van der Waals surface area contributed by atoms with Crippen molar-refractivity contribution in [3.05, 3.63) is 52.5 Å². The number of hydrogen-bond acceptors (Lipinski definition) is 3. The Morgan fingerprint density at radius 3 is 2.45 bits per heavy atom. The maximum Gasteiger partial charge on any atom is 0.261 e. The van der Waals surface area contributed by atoms with E-state index in [0.29, 0.717) is 10.2 Å². The van der Waals surface area contributed by atoms with E-state index in [2.05, 4.69) is 15.9 Å². The molecule has 0 atom stereocenters. The lowest BCUT2D eigenvalue weighted by atomic mass is 10.1. The van der Waals surface area contributed by atoms with E-state index in [0.717, 1.165) is 17.7 Å². The number of aryl methyl sites for hydroxylation is 1. The summed E-state index contributed by atoms with van der Waals surface area (Å²) in [5.41, 5.74) is 1.08. The molecule has 2 aromatic carbocycles. The highest BCUT2D eigenvalue weighted by Crippen LogP contribution is 2.33. The van der Waals surface area contributed by atoms with Crippen LogP contribution in [0.15, 0.2) is 51.8 Å². The van der Waals surface area contributed by atoms with Crippen LogP contribution in [0.1, 0.15) is 12.5 Å². The molecule has 0 heterocycles. The van der Waals surface area contributed by atoms with Crippen LogP contribution >= 0.6 is 26.6 Å². The fourth-order valence-electron chi connectivity index (χ4n) is 1.73. The molecule has 0 amide bonds. The molecular formula is C14H12BrClO3S. The van der Waals surface area contributed by atoms with Crippen molar-refractivity contribution in [1.29, 1.82) is 0 Å². The van der Waals surface area contributed by atoms with Crippen molar-refractivity contribution in [3.8, 4) is 11.5 Å². The minimum absolute atomic E-state index is 0.0298. The predicted octanol–water partition coefficient (Wildman–Crippen LogP) is 4.73. The van der Waals surface area contributed by atoms with E-state index in [4.69, 9.17) is 15.4 Å². The van der Waals surface area contributed by atoms with Crippen molar-refractivity contribution in [2.75, 3.05) is 0 Å². The lowest BCUT2D eigenvalue weighted by molar-refractivity contribution is 0.473. The van der Waals surface area contributed by atoms with Gasteiger partial charge in [0.05, 0.1) is 9.37 Å². The summed E-state index contributed by atoms with van der Waals surface area (Å²) in [6.45, 7) is 2.04. The van der Waals surface area contributed by atoms with E-state index in [1.54, 1.807) is 6.07 Å². The molecule has 0 saturated heterocycles. The van der Waals surface area contributed by atoms with Gasteiger partial charge in [-0.2, -0.15) is 0 Å². The summed E-state index contributed by atoms with van der Waals surface area (Å²) in [6, 6.07) is 12.1. The zero-order chi connectivity index (χ0) is 14.8. The summed E-state index contributed by atoms with van der Waals surface area (Å²) in [5, 5.41) is 0. The van der Waals surface area contributed by atoms with Gasteiger partial charge in [-0.25, -0.2) is 8.42 Å². The zero-order valence-electron chi connectivity index (χ0n) is 10.6. The van der Waals surface area contributed by atoms with Crippen LogP contribution in [0, 0.1) is 0 Å². The lowest BCUT2D eigenvalue weighted by Gasteiger charge is -2.11. The predicted molar refractivity (Wildman–Crippen MR) is 83.1 cm³/mol. The van der Waals surface area contributed by atoms with Crippen molar-refractivity contribution >= 4 is 35.7 Å². The van der Waals surface area contributed by atoms with Gasteiger partial charge in [-0.1, -0.05) is 25.1 Å². The number of rotatable bonds is 4. The Balaban J connectivity index is 2.35. The van der Waals surface area contributed by atoms with E-state index in [1.165, 1.54) is 12.1 Å². The Bertz CT molecular complexity index is 729. The second-order valence-corrected chi connectivity index (χ2v) is 7.51. The minimum atomic E-state index is -3.74. The van der Waals surface area contributed by atoms with Crippen molar-refractivity contribution in [2.45, 2.75) is 18.2 Å². The highest BCUT2D eigenvalue weighted by Gasteiger charge is 2.13. The number of para-hydroxylation sites is 1. The summed E-state index contributed by atoms with van der Waals surface area (Å²) in [6.07, 6.45) is 0.849. The molecule has 0 aliphatic rings. The first-order valence-electron chi connectivity index (χ1n) is 5.92. The van der Waals surface area contributed by atoms with Crippen LogP contribution in [-0.2, 0) is 15.5 Å². The first kappa shape index (κ1) is 15.4. The quantitative estimate of drug-likeness (QED) is 0.725. The van der Waals surface area contributed by atoms with E-state index in [-0.39, 0.29) is 4.90 Å². The molecule has 0 bridgehead atoms. The Kier molecular flexibility index (Phi) is 4.73. The van der Waals surface area contributed by atoms with E-state index >= 15 is 0 Å². The van der Waals surface area contributed by atoms with Gasteiger partial charge in [0, 0.05) is 10.7 Å².